The zero-order valence-electron chi connectivity index (χ0n) is 14.8. The lowest BCUT2D eigenvalue weighted by molar-refractivity contribution is -0.113. The Labute approximate surface area is 175 Å². The Morgan fingerprint density at radius 1 is 1.24 bits per heavy atom. The maximum absolute atomic E-state index is 12.3. The van der Waals surface area contributed by atoms with Crippen LogP contribution in [0.15, 0.2) is 57.4 Å². The highest BCUT2D eigenvalue weighted by molar-refractivity contribution is 7.94. The number of hydrogen-bond donors (Lipinski definition) is 3. The number of amidine groups is 1. The number of carbonyl (C=O) groups excluding carboxylic acids is 1. The van der Waals surface area contributed by atoms with Crippen LogP contribution in [0.1, 0.15) is 5.56 Å². The molecule has 150 valence electrons. The van der Waals surface area contributed by atoms with E-state index in [-0.39, 0.29) is 4.21 Å². The summed E-state index contributed by atoms with van der Waals surface area (Å²) >= 11 is 6.68. The van der Waals surface area contributed by atoms with Crippen molar-refractivity contribution in [2.45, 2.75) is 4.21 Å². The third-order valence-electron chi connectivity index (χ3n) is 4.23. The van der Waals surface area contributed by atoms with Crippen LogP contribution < -0.4 is 15.5 Å². The minimum absolute atomic E-state index is 0.0581. The molecule has 2 aromatic heterocycles. The van der Waals surface area contributed by atoms with Crippen molar-refractivity contribution in [3.05, 3.63) is 58.6 Å². The topological polar surface area (TPSA) is 116 Å². The summed E-state index contributed by atoms with van der Waals surface area (Å²) in [5, 5.41) is 14.0. The lowest BCUT2D eigenvalue weighted by atomic mass is 10.2. The van der Waals surface area contributed by atoms with Gasteiger partial charge in [0.05, 0.1) is 22.8 Å². The predicted octanol–water partition coefficient (Wildman–Crippen LogP) is 3.62. The number of carbonyl (C=O) groups is 1. The summed E-state index contributed by atoms with van der Waals surface area (Å²) in [6, 6.07) is 11.4. The first-order valence-corrected chi connectivity index (χ1v) is 11.2. The number of halogens is 1. The maximum Gasteiger partial charge on any atom is 0.239 e. The van der Waals surface area contributed by atoms with Crippen molar-refractivity contribution in [3.63, 3.8) is 0 Å². The average Bonchev–Trinajstić information content (AvgIpc) is 3.32. The molecule has 0 bridgehead atoms. The standard InChI is InChI=1S/C18H15ClN4O4S2/c19-14-5-6-16(28-14)29(25,26)9-15(24)22-11-1-3-12(4-2-11)23-10-21-18-13(17(23)20)7-8-27-18/h1-8,20-21H,9-10H2,(H,22,24). The molecular formula is C18H15ClN4O4S2. The van der Waals surface area contributed by atoms with Gasteiger partial charge in [-0.15, -0.1) is 11.3 Å². The number of hydrogen-bond acceptors (Lipinski definition) is 7. The van der Waals surface area contributed by atoms with Gasteiger partial charge in [-0.2, -0.15) is 0 Å². The summed E-state index contributed by atoms with van der Waals surface area (Å²) in [4.78, 5) is 13.9. The summed E-state index contributed by atoms with van der Waals surface area (Å²) < 4.78 is 30.2. The second-order valence-corrected chi connectivity index (χ2v) is 10.1. The number of amides is 1. The highest BCUT2D eigenvalue weighted by Gasteiger charge is 2.25. The molecule has 1 aliphatic rings. The Morgan fingerprint density at radius 2 is 2.00 bits per heavy atom. The molecule has 0 saturated heterocycles. The Kier molecular flexibility index (Phi) is 5.07. The van der Waals surface area contributed by atoms with E-state index in [9.17, 15) is 13.2 Å². The molecule has 3 N–H and O–H groups in total. The third kappa shape index (κ3) is 4.00. The second kappa shape index (κ2) is 7.54. The van der Waals surface area contributed by atoms with Crippen molar-refractivity contribution in [2.24, 2.45) is 0 Å². The van der Waals surface area contributed by atoms with E-state index < -0.39 is 21.5 Å². The van der Waals surface area contributed by atoms with Crippen LogP contribution in [0.2, 0.25) is 4.34 Å². The van der Waals surface area contributed by atoms with E-state index in [1.54, 1.807) is 35.2 Å². The Hall–Kier alpha value is -2.82. The average molecular weight is 451 g/mol. The monoisotopic (exact) mass is 450 g/mol. The fourth-order valence-corrected chi connectivity index (χ4v) is 5.56. The Balaban J connectivity index is 1.42. The summed E-state index contributed by atoms with van der Waals surface area (Å²) in [7, 11) is -3.75. The van der Waals surface area contributed by atoms with Crippen LogP contribution in [0.3, 0.4) is 0 Å². The molecule has 0 atom stereocenters. The zero-order chi connectivity index (χ0) is 20.6. The Morgan fingerprint density at radius 3 is 2.69 bits per heavy atom. The van der Waals surface area contributed by atoms with Crippen LogP contribution >= 0.6 is 22.9 Å². The van der Waals surface area contributed by atoms with Gasteiger partial charge < -0.3 is 20.0 Å². The van der Waals surface area contributed by atoms with Crippen LogP contribution in [0.5, 0.6) is 0 Å². The second-order valence-electron chi connectivity index (χ2n) is 6.19. The number of rotatable bonds is 5. The van der Waals surface area contributed by atoms with Crippen molar-refractivity contribution < 1.29 is 17.6 Å². The molecular weight excluding hydrogens is 436 g/mol. The number of furan rings is 1. The van der Waals surface area contributed by atoms with Crippen molar-refractivity contribution in [2.75, 3.05) is 28.0 Å². The number of nitrogens with zero attached hydrogens (tertiary/aromatic N) is 1. The lowest BCUT2D eigenvalue weighted by Crippen LogP contribution is -2.39. The minimum Gasteiger partial charge on any atom is -0.448 e. The highest BCUT2D eigenvalue weighted by Crippen LogP contribution is 2.28. The molecule has 8 nitrogen and oxygen atoms in total. The largest absolute Gasteiger partial charge is 0.448 e. The molecule has 0 saturated carbocycles. The van der Waals surface area contributed by atoms with Crippen molar-refractivity contribution in [1.82, 2.24) is 0 Å². The van der Waals surface area contributed by atoms with Gasteiger partial charge in [-0.25, -0.2) is 8.42 Å². The number of nitrogens with one attached hydrogen (secondary N) is 3. The van der Waals surface area contributed by atoms with E-state index in [4.69, 9.17) is 21.4 Å². The van der Waals surface area contributed by atoms with E-state index in [2.05, 4.69) is 10.6 Å². The first-order chi connectivity index (χ1) is 13.8. The van der Waals surface area contributed by atoms with Gasteiger partial charge in [0.25, 0.3) is 0 Å². The number of sulfone groups is 1. The molecule has 0 unspecified atom stereocenters. The van der Waals surface area contributed by atoms with Crippen LogP contribution in [-0.4, -0.2) is 32.6 Å². The van der Waals surface area contributed by atoms with Crippen LogP contribution in [0.25, 0.3) is 0 Å². The van der Waals surface area contributed by atoms with E-state index >= 15 is 0 Å². The van der Waals surface area contributed by atoms with Gasteiger partial charge in [-0.1, -0.05) is 11.6 Å². The number of benzene rings is 1. The molecule has 0 aliphatic carbocycles. The van der Waals surface area contributed by atoms with Crippen molar-refractivity contribution >= 4 is 61.8 Å². The van der Waals surface area contributed by atoms with Gasteiger partial charge in [0.2, 0.25) is 11.8 Å². The van der Waals surface area contributed by atoms with Gasteiger partial charge >= 0.3 is 0 Å². The van der Waals surface area contributed by atoms with E-state index in [0.717, 1.165) is 17.0 Å². The smallest absolute Gasteiger partial charge is 0.239 e. The molecule has 4 rings (SSSR count). The van der Waals surface area contributed by atoms with Gasteiger partial charge in [0.15, 0.2) is 9.84 Å². The molecule has 0 spiro atoms. The van der Waals surface area contributed by atoms with Crippen molar-refractivity contribution in [3.8, 4) is 0 Å². The molecule has 1 aromatic carbocycles. The molecule has 29 heavy (non-hydrogen) atoms. The van der Waals surface area contributed by atoms with Gasteiger partial charge in [-0.05, 0) is 42.5 Å². The fourth-order valence-electron chi connectivity index (χ4n) is 2.86. The predicted molar refractivity (Wildman–Crippen MR) is 113 cm³/mol. The number of thiophene rings is 1. The summed E-state index contributed by atoms with van der Waals surface area (Å²) in [6.45, 7) is 0.368. The minimum atomic E-state index is -3.75. The first kappa shape index (κ1) is 19.5. The van der Waals surface area contributed by atoms with Crippen LogP contribution in [0.4, 0.5) is 17.3 Å². The highest BCUT2D eigenvalue weighted by atomic mass is 35.5. The number of fused-ring (bicyclic) bond motifs is 1. The van der Waals surface area contributed by atoms with Crippen molar-refractivity contribution in [1.29, 1.82) is 5.41 Å². The number of anilines is 3. The van der Waals surface area contributed by atoms with Crippen LogP contribution in [-0.2, 0) is 14.6 Å². The third-order valence-corrected chi connectivity index (χ3v) is 7.66. The van der Waals surface area contributed by atoms with Gasteiger partial charge in [0, 0.05) is 11.4 Å². The van der Waals surface area contributed by atoms with E-state index in [1.165, 1.54) is 18.4 Å². The molecule has 3 aromatic rings. The molecule has 11 heteroatoms. The summed E-state index contributed by atoms with van der Waals surface area (Å²) in [5.41, 5.74) is 1.86. The molecule has 3 heterocycles. The molecule has 0 fully saturated rings. The van der Waals surface area contributed by atoms with E-state index in [0.29, 0.717) is 34.0 Å². The molecule has 1 aliphatic heterocycles. The maximum atomic E-state index is 12.3. The summed E-state index contributed by atoms with van der Waals surface area (Å²) in [5.74, 6) is -0.457. The van der Waals surface area contributed by atoms with Crippen LogP contribution in [0, 0.1) is 5.41 Å². The van der Waals surface area contributed by atoms with Gasteiger partial charge in [0.1, 0.15) is 15.8 Å². The SMILES string of the molecule is N=C1c2ccoc2NCN1c1ccc(NC(=O)CS(=O)(=O)c2ccc(Cl)s2)cc1. The summed E-state index contributed by atoms with van der Waals surface area (Å²) in [6.07, 6.45) is 1.52. The first-order valence-electron chi connectivity index (χ1n) is 8.39. The Bertz CT molecular complexity index is 1180. The normalized spacial score (nSPS) is 13.7. The lowest BCUT2D eigenvalue weighted by Gasteiger charge is -2.29. The quantitative estimate of drug-likeness (QED) is 0.546. The van der Waals surface area contributed by atoms with Gasteiger partial charge in [-0.3, -0.25) is 10.2 Å². The zero-order valence-corrected chi connectivity index (χ0v) is 17.2. The molecule has 0 radical (unpaired) electrons. The fraction of sp³-hybridized carbons (Fsp3) is 0.111. The molecule has 1 amide bonds. The van der Waals surface area contributed by atoms with E-state index in [1.807, 2.05) is 0 Å².